The summed E-state index contributed by atoms with van der Waals surface area (Å²) in [5.74, 6) is 0. The van der Waals surface area contributed by atoms with Crippen LogP contribution in [0.5, 0.6) is 0 Å². The fraction of sp³-hybridized carbons (Fsp3) is 0.714. The van der Waals surface area contributed by atoms with Crippen LogP contribution in [-0.4, -0.2) is 25.5 Å². The number of hydrogen-bond acceptors (Lipinski definition) is 4. The van der Waals surface area contributed by atoms with Crippen LogP contribution in [0.1, 0.15) is 12.8 Å². The van der Waals surface area contributed by atoms with E-state index in [1.54, 1.807) is 0 Å². The molecule has 0 unspecified atom stereocenters. The van der Waals surface area contributed by atoms with Gasteiger partial charge in [-0.2, -0.15) is 0 Å². The van der Waals surface area contributed by atoms with Crippen LogP contribution in [0.2, 0.25) is 0 Å². The van der Waals surface area contributed by atoms with Crippen LogP contribution >= 0.6 is 0 Å². The van der Waals surface area contributed by atoms with Gasteiger partial charge in [-0.1, -0.05) is 0 Å². The van der Waals surface area contributed by atoms with Crippen LogP contribution in [0, 0.1) is 7.11 Å². The third-order valence-electron chi connectivity index (χ3n) is 1.55. The van der Waals surface area contributed by atoms with Crippen molar-refractivity contribution < 1.29 is 19.0 Å². The summed E-state index contributed by atoms with van der Waals surface area (Å²) < 4.78 is 14.0. The Hall–Kier alpha value is -0.770. The topological polar surface area (TPSA) is 44.8 Å². The molecule has 4 nitrogen and oxygen atoms in total. The van der Waals surface area contributed by atoms with E-state index in [2.05, 4.69) is 11.8 Å². The first-order chi connectivity index (χ1) is 5.33. The summed E-state index contributed by atoms with van der Waals surface area (Å²) in [4.78, 5) is 10.5. The molecular formula is C7H11O4. The molecule has 0 aromatic rings. The van der Waals surface area contributed by atoms with Crippen molar-refractivity contribution in [2.75, 3.05) is 13.2 Å². The Kier molecular flexibility index (Phi) is 3.16. The Balaban J connectivity index is 2.19. The number of ether oxygens (including phenoxy) is 3. The van der Waals surface area contributed by atoms with Crippen LogP contribution < -0.4 is 0 Å². The monoisotopic (exact) mass is 159 g/mol. The zero-order valence-electron chi connectivity index (χ0n) is 6.25. The van der Waals surface area contributed by atoms with Crippen molar-refractivity contribution in [3.05, 3.63) is 7.11 Å². The second-order valence-corrected chi connectivity index (χ2v) is 2.32. The summed E-state index contributed by atoms with van der Waals surface area (Å²) >= 11 is 0. The Labute approximate surface area is 65.4 Å². The highest BCUT2D eigenvalue weighted by molar-refractivity contribution is 5.60. The molecule has 0 aromatic heterocycles. The fourth-order valence-corrected chi connectivity index (χ4v) is 0.964. The maximum atomic E-state index is 10.5. The molecule has 4 heteroatoms. The first-order valence-corrected chi connectivity index (χ1v) is 3.53. The molecule has 0 aliphatic carbocycles. The van der Waals surface area contributed by atoms with E-state index in [4.69, 9.17) is 9.47 Å². The van der Waals surface area contributed by atoms with Gasteiger partial charge in [0.2, 0.25) is 0 Å². The van der Waals surface area contributed by atoms with Gasteiger partial charge in [0, 0.05) is 12.8 Å². The summed E-state index contributed by atoms with van der Waals surface area (Å²) in [6.07, 6.45) is 0.722. The molecule has 1 fully saturated rings. The van der Waals surface area contributed by atoms with Crippen LogP contribution in [0.4, 0.5) is 4.79 Å². The van der Waals surface area contributed by atoms with Crippen LogP contribution in [0.25, 0.3) is 0 Å². The fourth-order valence-electron chi connectivity index (χ4n) is 0.964. The molecule has 1 saturated heterocycles. The standard InChI is InChI=1S/C7H11O4/c1-9-7(8)11-6-2-4-10-5-3-6/h6H,1-5H2. The lowest BCUT2D eigenvalue weighted by Crippen LogP contribution is -2.25. The van der Waals surface area contributed by atoms with Crippen molar-refractivity contribution in [2.45, 2.75) is 18.9 Å². The zero-order chi connectivity index (χ0) is 8.10. The van der Waals surface area contributed by atoms with Crippen molar-refractivity contribution in [1.29, 1.82) is 0 Å². The quantitative estimate of drug-likeness (QED) is 0.537. The molecule has 0 aromatic carbocycles. The molecule has 11 heavy (non-hydrogen) atoms. The number of hydrogen-bond donors (Lipinski definition) is 0. The highest BCUT2D eigenvalue weighted by atomic mass is 16.7. The van der Waals surface area contributed by atoms with Crippen molar-refractivity contribution >= 4 is 6.16 Å². The molecule has 0 spiro atoms. The molecule has 1 rings (SSSR count). The van der Waals surface area contributed by atoms with E-state index < -0.39 is 6.16 Å². The largest absolute Gasteiger partial charge is 0.508 e. The van der Waals surface area contributed by atoms with Gasteiger partial charge >= 0.3 is 6.16 Å². The van der Waals surface area contributed by atoms with E-state index in [-0.39, 0.29) is 6.10 Å². The van der Waals surface area contributed by atoms with E-state index in [1.165, 1.54) is 0 Å². The number of carbonyl (C=O) groups excluding carboxylic acids is 1. The average Bonchev–Trinajstić information content (AvgIpc) is 2.06. The molecule has 1 heterocycles. The van der Waals surface area contributed by atoms with Crippen molar-refractivity contribution in [1.82, 2.24) is 0 Å². The lowest BCUT2D eigenvalue weighted by molar-refractivity contribution is -0.0183. The minimum absolute atomic E-state index is 0.0574. The van der Waals surface area contributed by atoms with Gasteiger partial charge < -0.3 is 14.2 Å². The van der Waals surface area contributed by atoms with Gasteiger partial charge in [0.05, 0.1) is 13.2 Å². The third-order valence-corrected chi connectivity index (χ3v) is 1.55. The molecule has 0 bridgehead atoms. The molecule has 0 saturated carbocycles. The molecule has 1 aliphatic rings. The minimum Gasteiger partial charge on any atom is -0.431 e. The second kappa shape index (κ2) is 4.18. The van der Waals surface area contributed by atoms with Crippen LogP contribution in [0.3, 0.4) is 0 Å². The van der Waals surface area contributed by atoms with Crippen molar-refractivity contribution in [2.24, 2.45) is 0 Å². The average molecular weight is 159 g/mol. The van der Waals surface area contributed by atoms with E-state index in [9.17, 15) is 4.79 Å². The Bertz CT molecular complexity index is 128. The number of rotatable bonds is 1. The van der Waals surface area contributed by atoms with Gasteiger partial charge in [-0.05, 0) is 0 Å². The molecule has 0 atom stereocenters. The summed E-state index contributed by atoms with van der Waals surface area (Å²) in [7, 11) is 2.95. The number of carbonyl (C=O) groups is 1. The molecule has 0 N–H and O–H groups in total. The van der Waals surface area contributed by atoms with Crippen molar-refractivity contribution in [3.8, 4) is 0 Å². The second-order valence-electron chi connectivity index (χ2n) is 2.32. The molecule has 1 radical (unpaired) electrons. The third kappa shape index (κ3) is 2.76. The minimum atomic E-state index is -0.711. The molecule has 1 aliphatic heterocycles. The van der Waals surface area contributed by atoms with Gasteiger partial charge in [0.1, 0.15) is 13.2 Å². The summed E-state index contributed by atoms with van der Waals surface area (Å²) in [6.45, 7) is 1.30. The Morgan fingerprint density at radius 1 is 1.45 bits per heavy atom. The van der Waals surface area contributed by atoms with E-state index in [0.29, 0.717) is 13.2 Å². The highest BCUT2D eigenvalue weighted by Gasteiger charge is 2.17. The van der Waals surface area contributed by atoms with Crippen LogP contribution in [0.15, 0.2) is 0 Å². The molecule has 63 valence electrons. The van der Waals surface area contributed by atoms with Gasteiger partial charge in [-0.3, -0.25) is 0 Å². The normalized spacial score (nSPS) is 19.4. The Morgan fingerprint density at radius 3 is 2.64 bits per heavy atom. The van der Waals surface area contributed by atoms with Crippen LogP contribution in [-0.2, 0) is 14.2 Å². The lowest BCUT2D eigenvalue weighted by atomic mass is 10.2. The zero-order valence-corrected chi connectivity index (χ0v) is 6.25. The Morgan fingerprint density at radius 2 is 2.09 bits per heavy atom. The van der Waals surface area contributed by atoms with Crippen molar-refractivity contribution in [3.63, 3.8) is 0 Å². The lowest BCUT2D eigenvalue weighted by Gasteiger charge is -2.20. The van der Waals surface area contributed by atoms with Gasteiger partial charge in [-0.25, -0.2) is 4.79 Å². The summed E-state index contributed by atoms with van der Waals surface area (Å²) in [5.41, 5.74) is 0. The van der Waals surface area contributed by atoms with E-state index >= 15 is 0 Å². The predicted octanol–water partition coefficient (Wildman–Crippen LogP) is 1.11. The van der Waals surface area contributed by atoms with Gasteiger partial charge in [-0.15, -0.1) is 0 Å². The molecular weight excluding hydrogens is 148 g/mol. The van der Waals surface area contributed by atoms with Gasteiger partial charge in [0.25, 0.3) is 0 Å². The highest BCUT2D eigenvalue weighted by Crippen LogP contribution is 2.10. The van der Waals surface area contributed by atoms with Gasteiger partial charge in [0.15, 0.2) is 0 Å². The maximum absolute atomic E-state index is 10.5. The molecule has 0 amide bonds. The SMILES string of the molecule is [CH2]OC(=O)OC1CCOCC1. The summed E-state index contributed by atoms with van der Waals surface area (Å²) in [5, 5.41) is 0. The smallest absolute Gasteiger partial charge is 0.431 e. The maximum Gasteiger partial charge on any atom is 0.508 e. The van der Waals surface area contributed by atoms with E-state index in [1.807, 2.05) is 0 Å². The first kappa shape index (κ1) is 8.33. The van der Waals surface area contributed by atoms with E-state index in [0.717, 1.165) is 12.8 Å². The first-order valence-electron chi connectivity index (χ1n) is 3.53. The summed E-state index contributed by atoms with van der Waals surface area (Å²) in [6, 6.07) is 0. The predicted molar refractivity (Wildman–Crippen MR) is 36.8 cm³/mol.